The number of ether oxygens (including phenoxy) is 1. The first-order chi connectivity index (χ1) is 14.6. The summed E-state index contributed by atoms with van der Waals surface area (Å²) in [4.78, 5) is 24.7. The summed E-state index contributed by atoms with van der Waals surface area (Å²) in [5.41, 5.74) is -2.27. The van der Waals surface area contributed by atoms with Crippen molar-refractivity contribution < 1.29 is 23.9 Å². The number of hydrogen-bond donors (Lipinski definition) is 0. The Labute approximate surface area is 159 Å². The van der Waals surface area contributed by atoms with Gasteiger partial charge in [-0.15, -0.1) is 0 Å². The van der Waals surface area contributed by atoms with Gasteiger partial charge >= 0.3 is 5.97 Å². The van der Waals surface area contributed by atoms with Crippen LogP contribution in [0.25, 0.3) is 0 Å². The Hall–Kier alpha value is -1.38. The molecular weight excluding hydrogens is 312 g/mol. The van der Waals surface area contributed by atoms with E-state index in [4.69, 9.17) is 13.0 Å². The molecule has 4 aliphatic carbocycles. The van der Waals surface area contributed by atoms with Gasteiger partial charge in [-0.25, -0.2) is 0 Å². The largest absolute Gasteiger partial charge is 0.458 e. The highest BCUT2D eigenvalue weighted by Crippen LogP contribution is 2.68. The van der Waals surface area contributed by atoms with Crippen molar-refractivity contribution in [2.45, 2.75) is 70.7 Å². The lowest BCUT2D eigenvalue weighted by atomic mass is 9.48. The van der Waals surface area contributed by atoms with Crippen molar-refractivity contribution >= 4 is 11.8 Å². The number of allylic oxidation sites excluding steroid dienone is 4. The minimum absolute atomic E-state index is 0.00953. The first-order valence-electron chi connectivity index (χ1n) is 12.7. The molecule has 0 radical (unpaired) electrons. The van der Waals surface area contributed by atoms with Crippen LogP contribution in [-0.4, -0.2) is 17.4 Å². The molecule has 3 heteroatoms. The third-order valence-corrected chi connectivity index (χ3v) is 7.79. The fourth-order valence-electron chi connectivity index (χ4n) is 6.16. The molecule has 1 saturated heterocycles. The third kappa shape index (κ3) is 1.88. The zero-order valence-electron chi connectivity index (χ0n) is 21.7. The van der Waals surface area contributed by atoms with E-state index in [0.29, 0.717) is 31.3 Å². The number of hydrogen-bond acceptors (Lipinski definition) is 3. The van der Waals surface area contributed by atoms with Gasteiger partial charge in [-0.1, -0.05) is 26.0 Å². The van der Waals surface area contributed by atoms with Crippen molar-refractivity contribution in [3.05, 3.63) is 23.8 Å². The first-order valence-corrected chi connectivity index (χ1v) is 9.24. The molecule has 2 saturated carbocycles. The van der Waals surface area contributed by atoms with Gasteiger partial charge < -0.3 is 4.74 Å². The molecule has 0 unspecified atom stereocenters. The van der Waals surface area contributed by atoms with Crippen molar-refractivity contribution in [2.75, 3.05) is 0 Å². The number of carbonyl (C=O) groups excluding carboxylic acids is 2. The summed E-state index contributed by atoms with van der Waals surface area (Å²) < 4.78 is 65.2. The second kappa shape index (κ2) is 4.86. The predicted octanol–water partition coefficient (Wildman–Crippen LogP) is 4.37. The van der Waals surface area contributed by atoms with Crippen LogP contribution in [0.3, 0.4) is 0 Å². The molecule has 0 aromatic carbocycles. The molecule has 1 aliphatic heterocycles. The summed E-state index contributed by atoms with van der Waals surface area (Å²) in [6.45, 7) is 3.77. The fraction of sp³-hybridized carbons (Fsp3) is 0.727. The summed E-state index contributed by atoms with van der Waals surface area (Å²) in [5, 5.41) is 0. The van der Waals surface area contributed by atoms with Gasteiger partial charge in [0, 0.05) is 25.0 Å². The number of ketones is 1. The van der Waals surface area contributed by atoms with Crippen LogP contribution in [0.5, 0.6) is 0 Å². The van der Waals surface area contributed by atoms with E-state index in [1.54, 1.807) is 0 Å². The lowest BCUT2D eigenvalue weighted by Crippen LogP contribution is -2.53. The SMILES string of the molecule is [2H]C1=CC2=C([2H])C(=O)C([2H])([2H])C[C@]2(C)[C@H]2CC[C@@]3(C)[C@@H](CC[C@@]34CC([2H])([2H])C(=O)O4)[C@]12[2H]. The highest BCUT2D eigenvalue weighted by atomic mass is 16.6. The molecule has 0 N–H and O–H groups in total. The second-order valence-electron chi connectivity index (χ2n) is 8.72. The van der Waals surface area contributed by atoms with Gasteiger partial charge in [0.25, 0.3) is 0 Å². The average molecular weight is 348 g/mol. The van der Waals surface area contributed by atoms with Crippen LogP contribution in [0.4, 0.5) is 0 Å². The minimum atomic E-state index is -2.20. The Kier molecular flexibility index (Phi) is 1.96. The maximum atomic E-state index is 12.4. The Morgan fingerprint density at radius 1 is 1.16 bits per heavy atom. The van der Waals surface area contributed by atoms with E-state index in [2.05, 4.69) is 0 Å². The van der Waals surface area contributed by atoms with E-state index in [-0.39, 0.29) is 24.8 Å². The number of rotatable bonds is 0. The van der Waals surface area contributed by atoms with Crippen LogP contribution in [-0.2, 0) is 14.3 Å². The van der Waals surface area contributed by atoms with Gasteiger partial charge in [0.05, 0.1) is 2.74 Å². The topological polar surface area (TPSA) is 43.4 Å². The maximum Gasteiger partial charge on any atom is 0.306 e. The molecule has 5 aliphatic rings. The van der Waals surface area contributed by atoms with Crippen LogP contribution < -0.4 is 0 Å². The smallest absolute Gasteiger partial charge is 0.306 e. The summed E-state index contributed by atoms with van der Waals surface area (Å²) in [5.74, 6) is -3.97. The number of carbonyl (C=O) groups is 2. The van der Waals surface area contributed by atoms with E-state index >= 15 is 0 Å². The molecular formula is C22H28O3. The molecule has 0 aromatic heterocycles. The molecule has 0 bridgehead atoms. The predicted molar refractivity (Wildman–Crippen MR) is 94.7 cm³/mol. The maximum absolute atomic E-state index is 12.4. The quantitative estimate of drug-likeness (QED) is 0.611. The van der Waals surface area contributed by atoms with Gasteiger partial charge in [-0.05, 0) is 73.3 Å². The average Bonchev–Trinajstić information content (AvgIpc) is 3.08. The minimum Gasteiger partial charge on any atom is -0.458 e. The van der Waals surface area contributed by atoms with Gasteiger partial charge in [0.1, 0.15) is 5.60 Å². The fourth-order valence-corrected chi connectivity index (χ4v) is 6.16. The Morgan fingerprint density at radius 2 is 1.96 bits per heavy atom. The zero-order valence-corrected chi connectivity index (χ0v) is 14.7. The van der Waals surface area contributed by atoms with Crippen molar-refractivity contribution in [1.29, 1.82) is 0 Å². The van der Waals surface area contributed by atoms with Crippen LogP contribution in [0.2, 0.25) is 0 Å². The summed E-state index contributed by atoms with van der Waals surface area (Å²) in [7, 11) is 0. The Balaban J connectivity index is 1.65. The summed E-state index contributed by atoms with van der Waals surface area (Å²) in [6.07, 6.45) is -1.07. The molecule has 3 fully saturated rings. The van der Waals surface area contributed by atoms with E-state index in [1.807, 2.05) is 13.8 Å². The van der Waals surface area contributed by atoms with Crippen LogP contribution in [0.1, 0.15) is 74.7 Å². The van der Waals surface area contributed by atoms with Crippen LogP contribution in [0.15, 0.2) is 23.8 Å². The van der Waals surface area contributed by atoms with Crippen molar-refractivity contribution in [3.63, 3.8) is 0 Å². The first kappa shape index (κ1) is 10.1. The van der Waals surface area contributed by atoms with E-state index < -0.39 is 58.8 Å². The Bertz CT molecular complexity index is 1020. The molecule has 1 heterocycles. The second-order valence-corrected chi connectivity index (χ2v) is 8.72. The monoisotopic (exact) mass is 347 g/mol. The normalized spacial score (nSPS) is 62.8. The summed E-state index contributed by atoms with van der Waals surface area (Å²) >= 11 is 0. The lowest BCUT2D eigenvalue weighted by Gasteiger charge is -2.57. The molecule has 25 heavy (non-hydrogen) atoms. The van der Waals surface area contributed by atoms with Gasteiger partial charge in [0.2, 0.25) is 0 Å². The van der Waals surface area contributed by atoms with Crippen LogP contribution in [0, 0.1) is 28.6 Å². The molecule has 0 amide bonds. The number of fused-ring (bicyclic) bond motifs is 6. The van der Waals surface area contributed by atoms with Gasteiger partial charge in [0.15, 0.2) is 5.78 Å². The van der Waals surface area contributed by atoms with Crippen molar-refractivity contribution in [3.8, 4) is 0 Å². The van der Waals surface area contributed by atoms with Gasteiger partial charge in [-0.2, -0.15) is 0 Å². The molecule has 5 rings (SSSR count). The lowest BCUT2D eigenvalue weighted by molar-refractivity contribution is -0.165. The third-order valence-electron chi connectivity index (χ3n) is 7.79. The molecule has 6 atom stereocenters. The highest BCUT2D eigenvalue weighted by molar-refractivity contribution is 5.92. The van der Waals surface area contributed by atoms with E-state index in [0.717, 1.165) is 0 Å². The highest BCUT2D eigenvalue weighted by Gasteiger charge is 2.66. The van der Waals surface area contributed by atoms with E-state index in [1.165, 1.54) is 6.08 Å². The number of esters is 1. The standard InChI is InChI=1S/C22H28O3/c1-20-9-5-15(23)13-14(20)3-4-16-17(20)6-10-21(2)18(16)7-11-22(21)12-8-19(24)25-22/h3-4,13,16-18H,5-12H2,1-2H3/t16-,17+,18+,20+,21+,22-/m1/s1/i4D,5D2,8D2,13D,16D. The molecule has 3 nitrogen and oxygen atoms in total. The Morgan fingerprint density at radius 3 is 2.72 bits per heavy atom. The van der Waals surface area contributed by atoms with Crippen molar-refractivity contribution in [2.24, 2.45) is 28.6 Å². The summed E-state index contributed by atoms with van der Waals surface area (Å²) in [6, 6.07) is -0.389. The molecule has 0 aromatic rings. The van der Waals surface area contributed by atoms with E-state index in [9.17, 15) is 11.0 Å². The molecule has 134 valence electrons. The zero-order chi connectivity index (χ0) is 23.7. The van der Waals surface area contributed by atoms with Crippen LogP contribution >= 0.6 is 0 Å². The van der Waals surface area contributed by atoms with Gasteiger partial charge in [-0.3, -0.25) is 9.59 Å². The molecule has 1 spiro atoms. The van der Waals surface area contributed by atoms with Crippen molar-refractivity contribution in [1.82, 2.24) is 0 Å².